The first-order chi connectivity index (χ1) is 14.3. The number of ether oxygens (including phenoxy) is 6. The summed E-state index contributed by atoms with van der Waals surface area (Å²) < 4.78 is 39.6. The van der Waals surface area contributed by atoms with Gasteiger partial charge >= 0.3 is 0 Å². The van der Waals surface area contributed by atoms with Crippen LogP contribution in [0.25, 0.3) is 0 Å². The normalized spacial score (nSPS) is 27.0. The lowest BCUT2D eigenvalue weighted by Crippen LogP contribution is -2.39. The van der Waals surface area contributed by atoms with E-state index in [-0.39, 0.29) is 0 Å². The lowest BCUT2D eigenvalue weighted by Gasteiger charge is -2.32. The third-order valence-electron chi connectivity index (χ3n) is 5.49. The van der Waals surface area contributed by atoms with E-state index >= 15 is 0 Å². The molecule has 0 saturated carbocycles. The maximum absolute atomic E-state index is 6.60. The predicted octanol–water partition coefficient (Wildman–Crippen LogP) is 2.78. The molecule has 3 aliphatic rings. The van der Waals surface area contributed by atoms with Crippen LogP contribution in [-0.2, 0) is 32.8 Å². The Morgan fingerprint density at radius 2 is 1.03 bits per heavy atom. The number of epoxide rings is 3. The van der Waals surface area contributed by atoms with E-state index in [1.54, 1.807) is 0 Å². The van der Waals surface area contributed by atoms with Crippen LogP contribution in [0.4, 0.5) is 0 Å². The van der Waals surface area contributed by atoms with Crippen LogP contribution in [0.15, 0.2) is 0 Å². The first-order valence-electron chi connectivity index (χ1n) is 11.5. The van der Waals surface area contributed by atoms with Crippen molar-refractivity contribution < 1.29 is 32.8 Å². The molecular weight excluding hydrogens is 392 g/mol. The van der Waals surface area contributed by atoms with Crippen molar-refractivity contribution in [2.75, 3.05) is 66.1 Å². The molecule has 3 saturated heterocycles. The Morgan fingerprint density at radius 3 is 1.34 bits per heavy atom. The van der Waals surface area contributed by atoms with Gasteiger partial charge in [-0.1, -0.05) is 6.92 Å². The largest absolute Gasteiger partial charge is 0.417 e. The summed E-state index contributed by atoms with van der Waals surface area (Å²) in [5.74, 6) is 0. The van der Waals surface area contributed by atoms with Crippen molar-refractivity contribution in [1.29, 1.82) is 0 Å². The fourth-order valence-corrected chi connectivity index (χ4v) is 7.72. The highest BCUT2D eigenvalue weighted by Crippen LogP contribution is 2.28. The van der Waals surface area contributed by atoms with Crippen LogP contribution >= 0.6 is 0 Å². The van der Waals surface area contributed by atoms with Gasteiger partial charge in [-0.3, -0.25) is 0 Å². The highest BCUT2D eigenvalue weighted by atomic mass is 28.4. The monoisotopic (exact) mass is 432 g/mol. The van der Waals surface area contributed by atoms with E-state index in [0.29, 0.717) is 18.3 Å². The SMILES string of the molecule is CCCO[Si](CCCOCC1CO1)(CCCOCC1CO1)CCCOCC1CO1. The smallest absolute Gasteiger partial charge is 0.193 e. The molecule has 7 nitrogen and oxygen atoms in total. The van der Waals surface area contributed by atoms with E-state index in [1.165, 1.54) is 0 Å². The maximum atomic E-state index is 6.60. The van der Waals surface area contributed by atoms with Gasteiger partial charge in [0.25, 0.3) is 0 Å². The van der Waals surface area contributed by atoms with E-state index in [0.717, 1.165) is 110 Å². The number of hydrogen-bond acceptors (Lipinski definition) is 7. The van der Waals surface area contributed by atoms with Gasteiger partial charge in [-0.15, -0.1) is 0 Å². The van der Waals surface area contributed by atoms with Gasteiger partial charge in [0.1, 0.15) is 18.3 Å². The predicted molar refractivity (Wildman–Crippen MR) is 112 cm³/mol. The lowest BCUT2D eigenvalue weighted by atomic mass is 10.5. The highest BCUT2D eigenvalue weighted by Gasteiger charge is 2.34. The Labute approximate surface area is 176 Å². The standard InChI is InChI=1S/C21H40O7Si/c1-2-6-28-29(10-3-7-22-13-19-16-25-19,11-4-8-23-14-20-17-26-20)12-5-9-24-15-21-18-27-21/h19-21H,2-18H2,1H3. The molecule has 3 atom stereocenters. The average Bonchev–Trinajstić information content (AvgIpc) is 3.54. The molecule has 0 aliphatic carbocycles. The number of hydrogen-bond donors (Lipinski definition) is 0. The minimum absolute atomic E-state index is 0.341. The Balaban J connectivity index is 1.38. The van der Waals surface area contributed by atoms with Crippen LogP contribution in [0.2, 0.25) is 18.1 Å². The zero-order valence-corrected chi connectivity index (χ0v) is 19.1. The molecule has 29 heavy (non-hydrogen) atoms. The van der Waals surface area contributed by atoms with Crippen molar-refractivity contribution in [3.63, 3.8) is 0 Å². The lowest BCUT2D eigenvalue weighted by molar-refractivity contribution is 0.112. The van der Waals surface area contributed by atoms with Gasteiger partial charge in [0.15, 0.2) is 8.32 Å². The summed E-state index contributed by atoms with van der Waals surface area (Å²) in [5.41, 5.74) is 0. The van der Waals surface area contributed by atoms with E-state index < -0.39 is 8.32 Å². The first kappa shape index (κ1) is 23.6. The molecule has 0 radical (unpaired) electrons. The Bertz CT molecular complexity index is 372. The summed E-state index contributed by atoms with van der Waals surface area (Å²) in [6.07, 6.45) is 5.29. The Kier molecular flexibility index (Phi) is 10.9. The van der Waals surface area contributed by atoms with Crippen LogP contribution in [0.5, 0.6) is 0 Å². The molecular formula is C21H40O7Si. The van der Waals surface area contributed by atoms with Crippen molar-refractivity contribution in [3.05, 3.63) is 0 Å². The molecule has 0 aromatic heterocycles. The first-order valence-corrected chi connectivity index (χ1v) is 14.0. The molecule has 0 spiro atoms. The molecule has 0 aromatic rings. The quantitative estimate of drug-likeness (QED) is 0.157. The third-order valence-corrected chi connectivity index (χ3v) is 10.1. The molecule has 0 N–H and O–H groups in total. The average molecular weight is 433 g/mol. The third kappa shape index (κ3) is 11.2. The van der Waals surface area contributed by atoms with Gasteiger partial charge in [0.2, 0.25) is 0 Å². The van der Waals surface area contributed by atoms with Gasteiger partial charge in [-0.05, 0) is 43.8 Å². The maximum Gasteiger partial charge on any atom is 0.193 e. The van der Waals surface area contributed by atoms with Crippen LogP contribution in [0.1, 0.15) is 32.6 Å². The van der Waals surface area contributed by atoms with Crippen LogP contribution in [0.3, 0.4) is 0 Å². The van der Waals surface area contributed by atoms with Gasteiger partial charge in [0.05, 0.1) is 39.6 Å². The Morgan fingerprint density at radius 1 is 0.655 bits per heavy atom. The minimum Gasteiger partial charge on any atom is -0.417 e. The second-order valence-corrected chi connectivity index (χ2v) is 12.6. The van der Waals surface area contributed by atoms with Crippen LogP contribution in [0, 0.1) is 0 Å². The van der Waals surface area contributed by atoms with Crippen LogP contribution in [-0.4, -0.2) is 92.7 Å². The molecule has 3 aliphatic heterocycles. The highest BCUT2D eigenvalue weighted by molar-refractivity contribution is 6.73. The van der Waals surface area contributed by atoms with E-state index in [9.17, 15) is 0 Å². The van der Waals surface area contributed by atoms with Gasteiger partial charge in [-0.25, -0.2) is 0 Å². The zero-order valence-electron chi connectivity index (χ0n) is 18.1. The molecule has 0 bridgehead atoms. The van der Waals surface area contributed by atoms with Gasteiger partial charge in [0, 0.05) is 26.4 Å². The second-order valence-electron chi connectivity index (χ2n) is 8.43. The van der Waals surface area contributed by atoms with Crippen LogP contribution < -0.4 is 0 Å². The molecule has 170 valence electrons. The van der Waals surface area contributed by atoms with Crippen molar-refractivity contribution in [3.8, 4) is 0 Å². The van der Waals surface area contributed by atoms with E-state index in [2.05, 4.69) is 6.92 Å². The number of rotatable bonds is 21. The summed E-state index contributed by atoms with van der Waals surface area (Å²) in [4.78, 5) is 0. The topological polar surface area (TPSA) is 74.5 Å². The summed E-state index contributed by atoms with van der Waals surface area (Å²) in [6, 6.07) is 3.45. The van der Waals surface area contributed by atoms with Crippen molar-refractivity contribution in [1.82, 2.24) is 0 Å². The summed E-state index contributed by atoms with van der Waals surface area (Å²) in [5, 5.41) is 0. The second kappa shape index (κ2) is 13.4. The van der Waals surface area contributed by atoms with Crippen molar-refractivity contribution in [2.45, 2.75) is 69.1 Å². The Hall–Kier alpha value is -0.0631. The molecule has 0 aromatic carbocycles. The summed E-state index contributed by atoms with van der Waals surface area (Å²) in [6.45, 7) is 10.2. The van der Waals surface area contributed by atoms with E-state index in [4.69, 9.17) is 32.8 Å². The summed E-state index contributed by atoms with van der Waals surface area (Å²) >= 11 is 0. The molecule has 3 rings (SSSR count). The van der Waals surface area contributed by atoms with Crippen molar-refractivity contribution in [2.24, 2.45) is 0 Å². The fourth-order valence-electron chi connectivity index (χ4n) is 3.54. The zero-order chi connectivity index (χ0) is 20.2. The molecule has 3 fully saturated rings. The molecule has 3 heterocycles. The minimum atomic E-state index is -1.83. The van der Waals surface area contributed by atoms with Gasteiger partial charge in [-0.2, -0.15) is 0 Å². The van der Waals surface area contributed by atoms with Crippen molar-refractivity contribution >= 4 is 8.32 Å². The summed E-state index contributed by atoms with van der Waals surface area (Å²) in [7, 11) is -1.83. The molecule has 0 amide bonds. The van der Waals surface area contributed by atoms with Gasteiger partial charge < -0.3 is 32.8 Å². The van der Waals surface area contributed by atoms with E-state index in [1.807, 2.05) is 0 Å². The molecule has 8 heteroatoms. The molecule has 3 unspecified atom stereocenters. The fraction of sp³-hybridized carbons (Fsp3) is 1.00.